The van der Waals surface area contributed by atoms with Crippen molar-refractivity contribution in [2.24, 2.45) is 0 Å². The lowest BCUT2D eigenvalue weighted by atomic mass is 9.99. The number of hydrogen-bond acceptors (Lipinski definition) is 7. The first kappa shape index (κ1) is 22.6. The number of methoxy groups -OCH3 is 1. The van der Waals surface area contributed by atoms with Gasteiger partial charge in [0.15, 0.2) is 5.76 Å². The molecule has 3 aromatic rings. The minimum atomic E-state index is -0.708. The Morgan fingerprint density at radius 2 is 2.19 bits per heavy atom. The molecule has 9 heteroatoms. The highest BCUT2D eigenvalue weighted by molar-refractivity contribution is 5.95. The summed E-state index contributed by atoms with van der Waals surface area (Å²) in [5.41, 5.74) is 0.865. The van der Waals surface area contributed by atoms with Crippen LogP contribution in [0.25, 0.3) is 17.4 Å². The van der Waals surface area contributed by atoms with Crippen molar-refractivity contribution in [1.29, 1.82) is 0 Å². The topological polar surface area (TPSA) is 115 Å². The molecule has 3 rings (SSSR count). The van der Waals surface area contributed by atoms with E-state index < -0.39 is 5.60 Å². The fraction of sp³-hybridized carbons (Fsp3) is 0.455. The van der Waals surface area contributed by atoms with Crippen molar-refractivity contribution in [3.05, 3.63) is 48.1 Å². The van der Waals surface area contributed by atoms with E-state index in [1.165, 1.54) is 10.9 Å². The van der Waals surface area contributed by atoms with Crippen molar-refractivity contribution < 1.29 is 19.1 Å². The van der Waals surface area contributed by atoms with E-state index in [2.05, 4.69) is 20.4 Å². The molecule has 166 valence electrons. The smallest absolute Gasteiger partial charge is 0.255 e. The number of carbonyl (C=O) groups excluding carboxylic acids is 1. The van der Waals surface area contributed by atoms with E-state index in [-0.39, 0.29) is 18.6 Å². The van der Waals surface area contributed by atoms with E-state index in [4.69, 9.17) is 9.15 Å². The van der Waals surface area contributed by atoms with E-state index >= 15 is 0 Å². The van der Waals surface area contributed by atoms with Gasteiger partial charge in [0.25, 0.3) is 11.9 Å². The quantitative estimate of drug-likeness (QED) is 0.511. The predicted molar refractivity (Wildman–Crippen MR) is 115 cm³/mol. The summed E-state index contributed by atoms with van der Waals surface area (Å²) >= 11 is 0. The highest BCUT2D eigenvalue weighted by Gasteiger charge is 2.22. The molecule has 1 amide bonds. The summed E-state index contributed by atoms with van der Waals surface area (Å²) in [6.45, 7) is 5.68. The lowest BCUT2D eigenvalue weighted by Gasteiger charge is -2.19. The lowest BCUT2D eigenvalue weighted by Crippen LogP contribution is -2.33. The molecule has 0 bridgehead atoms. The molecular weight excluding hydrogens is 398 g/mol. The molecule has 0 radical (unpaired) electrons. The third kappa shape index (κ3) is 5.99. The summed E-state index contributed by atoms with van der Waals surface area (Å²) in [4.78, 5) is 21.7. The Hall–Kier alpha value is -3.04. The minimum absolute atomic E-state index is 0.0490. The maximum absolute atomic E-state index is 12.9. The van der Waals surface area contributed by atoms with Gasteiger partial charge >= 0.3 is 0 Å². The lowest BCUT2D eigenvalue weighted by molar-refractivity contribution is 0.0674. The number of nitrogens with zero attached hydrogens (tertiary/aromatic N) is 4. The van der Waals surface area contributed by atoms with Gasteiger partial charge in [-0.25, -0.2) is 9.97 Å². The van der Waals surface area contributed by atoms with E-state index in [1.807, 2.05) is 13.0 Å². The number of aliphatic hydroxyl groups is 1. The number of carbonyl (C=O) groups is 1. The number of amides is 1. The van der Waals surface area contributed by atoms with Crippen molar-refractivity contribution >= 4 is 5.91 Å². The van der Waals surface area contributed by atoms with Crippen molar-refractivity contribution in [3.63, 3.8) is 0 Å². The molecule has 0 aliphatic carbocycles. The zero-order chi connectivity index (χ0) is 22.4. The molecule has 0 saturated carbocycles. The molecule has 0 aliphatic rings. The first-order valence-electron chi connectivity index (χ1n) is 10.2. The summed E-state index contributed by atoms with van der Waals surface area (Å²) in [5, 5.41) is 17.2. The van der Waals surface area contributed by atoms with Gasteiger partial charge < -0.3 is 19.6 Å². The molecular formula is C22H29N5O4. The molecule has 9 nitrogen and oxygen atoms in total. The highest BCUT2D eigenvalue weighted by atomic mass is 16.5. The van der Waals surface area contributed by atoms with Crippen LogP contribution in [0, 0.1) is 0 Å². The number of ether oxygens (including phenoxy) is 1. The van der Waals surface area contributed by atoms with Crippen LogP contribution < -0.4 is 5.32 Å². The SMILES string of the molecule is COCc1c(C(=O)NC(C)CCCC(C)(C)O)cnn1-c1nccc(-c2ccco2)n1. The van der Waals surface area contributed by atoms with Crippen molar-refractivity contribution in [1.82, 2.24) is 25.1 Å². The third-order valence-electron chi connectivity index (χ3n) is 4.80. The maximum Gasteiger partial charge on any atom is 0.255 e. The average Bonchev–Trinajstić information content (AvgIpc) is 3.38. The molecule has 0 aromatic carbocycles. The molecule has 1 unspecified atom stereocenters. The molecule has 3 heterocycles. The third-order valence-corrected chi connectivity index (χ3v) is 4.80. The second-order valence-electron chi connectivity index (χ2n) is 8.15. The van der Waals surface area contributed by atoms with Crippen LogP contribution in [0.3, 0.4) is 0 Å². The van der Waals surface area contributed by atoms with E-state index in [1.54, 1.807) is 45.6 Å². The molecule has 0 spiro atoms. The monoisotopic (exact) mass is 427 g/mol. The van der Waals surface area contributed by atoms with Crippen LogP contribution in [0.15, 0.2) is 41.3 Å². The molecule has 2 N–H and O–H groups in total. The van der Waals surface area contributed by atoms with E-state index in [0.717, 1.165) is 12.8 Å². The van der Waals surface area contributed by atoms with Crippen molar-refractivity contribution in [3.8, 4) is 17.4 Å². The van der Waals surface area contributed by atoms with E-state index in [0.29, 0.717) is 35.1 Å². The van der Waals surface area contributed by atoms with Crippen LogP contribution in [0.5, 0.6) is 0 Å². The summed E-state index contributed by atoms with van der Waals surface area (Å²) < 4.78 is 12.2. The first-order chi connectivity index (χ1) is 14.8. The Morgan fingerprint density at radius 3 is 2.87 bits per heavy atom. The van der Waals surface area contributed by atoms with Gasteiger partial charge in [-0.1, -0.05) is 0 Å². The van der Waals surface area contributed by atoms with Gasteiger partial charge in [-0.2, -0.15) is 9.78 Å². The standard InChI is InChI=1S/C22H29N5O4/c1-15(7-5-10-22(2,3)29)25-20(28)16-13-24-27(18(16)14-30-4)21-23-11-9-17(26-21)19-8-6-12-31-19/h6,8-9,11-13,15,29H,5,7,10,14H2,1-4H3,(H,25,28). The average molecular weight is 428 g/mol. The van der Waals surface area contributed by atoms with Crippen molar-refractivity contribution in [2.45, 2.75) is 58.3 Å². The maximum atomic E-state index is 12.9. The number of nitrogens with one attached hydrogen (secondary N) is 1. The molecule has 3 aromatic heterocycles. The zero-order valence-corrected chi connectivity index (χ0v) is 18.3. The minimum Gasteiger partial charge on any atom is -0.463 e. The number of hydrogen-bond donors (Lipinski definition) is 2. The summed E-state index contributed by atoms with van der Waals surface area (Å²) in [7, 11) is 1.55. The zero-order valence-electron chi connectivity index (χ0n) is 18.3. The normalized spacial score (nSPS) is 12.7. The molecule has 0 aliphatic heterocycles. The Bertz CT molecular complexity index is 992. The van der Waals surface area contributed by atoms with Crippen LogP contribution in [-0.2, 0) is 11.3 Å². The van der Waals surface area contributed by atoms with Crippen molar-refractivity contribution in [2.75, 3.05) is 7.11 Å². The van der Waals surface area contributed by atoms with Crippen LogP contribution >= 0.6 is 0 Å². The first-order valence-corrected chi connectivity index (χ1v) is 10.2. The molecule has 31 heavy (non-hydrogen) atoms. The van der Waals surface area contributed by atoms with Gasteiger partial charge in [-0.15, -0.1) is 0 Å². The Morgan fingerprint density at radius 1 is 1.39 bits per heavy atom. The van der Waals surface area contributed by atoms with Gasteiger partial charge in [0.05, 0.1) is 35.9 Å². The second-order valence-corrected chi connectivity index (χ2v) is 8.15. The van der Waals surface area contributed by atoms with Gasteiger partial charge in [0.2, 0.25) is 0 Å². The van der Waals surface area contributed by atoms with Gasteiger partial charge in [-0.3, -0.25) is 4.79 Å². The Balaban J connectivity index is 1.77. The fourth-order valence-electron chi connectivity index (χ4n) is 3.24. The fourth-order valence-corrected chi connectivity index (χ4v) is 3.24. The molecule has 1 atom stereocenters. The number of furan rings is 1. The molecule has 0 fully saturated rings. The Labute approximate surface area is 181 Å². The predicted octanol–water partition coefficient (Wildman–Crippen LogP) is 3.13. The van der Waals surface area contributed by atoms with Crippen LogP contribution in [0.2, 0.25) is 0 Å². The Kier molecular flexibility index (Phi) is 7.19. The largest absolute Gasteiger partial charge is 0.463 e. The summed E-state index contributed by atoms with van der Waals surface area (Å²) in [6, 6.07) is 5.29. The van der Waals surface area contributed by atoms with Gasteiger partial charge in [0, 0.05) is 19.3 Å². The van der Waals surface area contributed by atoms with E-state index in [9.17, 15) is 9.90 Å². The van der Waals surface area contributed by atoms with Crippen LogP contribution in [0.4, 0.5) is 0 Å². The second kappa shape index (κ2) is 9.84. The molecule has 0 saturated heterocycles. The number of rotatable bonds is 10. The number of aromatic nitrogens is 4. The van der Waals surface area contributed by atoms with Gasteiger partial charge in [0.1, 0.15) is 5.69 Å². The van der Waals surface area contributed by atoms with Crippen LogP contribution in [-0.4, -0.2) is 49.5 Å². The van der Waals surface area contributed by atoms with Gasteiger partial charge in [-0.05, 0) is 58.2 Å². The highest BCUT2D eigenvalue weighted by Crippen LogP contribution is 2.20. The summed E-state index contributed by atoms with van der Waals surface area (Å²) in [5.74, 6) is 0.691. The van der Waals surface area contributed by atoms with Crippen LogP contribution in [0.1, 0.15) is 56.1 Å². The summed E-state index contributed by atoms with van der Waals surface area (Å²) in [6.07, 6.45) is 6.93.